The first-order valence-corrected chi connectivity index (χ1v) is 8.61. The van der Waals surface area contributed by atoms with Crippen LogP contribution in [0.25, 0.3) is 10.9 Å². The maximum atomic E-state index is 12.3. The first-order valence-electron chi connectivity index (χ1n) is 7.73. The van der Waals surface area contributed by atoms with Crippen molar-refractivity contribution in [3.63, 3.8) is 0 Å². The van der Waals surface area contributed by atoms with Gasteiger partial charge in [-0.1, -0.05) is 12.1 Å². The van der Waals surface area contributed by atoms with E-state index >= 15 is 0 Å². The van der Waals surface area contributed by atoms with Gasteiger partial charge in [0.15, 0.2) is 0 Å². The number of nitrogens with zero attached hydrogens (tertiary/aromatic N) is 1. The number of carbonyl (C=O) groups excluding carboxylic acids is 3. The second-order valence-electron chi connectivity index (χ2n) is 5.42. The Hall–Kier alpha value is -3.10. The lowest BCUT2D eigenvalue weighted by atomic mass is 10.2. The van der Waals surface area contributed by atoms with E-state index in [1.165, 1.54) is 6.07 Å². The maximum absolute atomic E-state index is 12.3. The first-order chi connectivity index (χ1) is 12.6. The molecule has 0 spiro atoms. The number of fused-ring (bicyclic) bond motifs is 1. The van der Waals surface area contributed by atoms with E-state index in [4.69, 9.17) is 0 Å². The minimum atomic E-state index is -1.24. The summed E-state index contributed by atoms with van der Waals surface area (Å²) in [6, 6.07) is 10.7. The topological polar surface area (TPSA) is 108 Å². The van der Waals surface area contributed by atoms with Crippen molar-refractivity contribution in [3.8, 4) is 0 Å². The molecule has 1 aromatic carbocycles. The highest BCUT2D eigenvalue weighted by atomic mass is 32.1. The molecule has 2 aromatic heterocycles. The zero-order chi connectivity index (χ0) is 18.5. The molecule has 0 unspecified atom stereocenters. The highest BCUT2D eigenvalue weighted by Crippen LogP contribution is 2.17. The highest BCUT2D eigenvalue weighted by molar-refractivity contribution is 7.13. The summed E-state index contributed by atoms with van der Waals surface area (Å²) in [4.78, 5) is 40.7. The summed E-state index contributed by atoms with van der Waals surface area (Å²) in [6.45, 7) is -0.634. The molecule has 3 N–H and O–H groups in total. The lowest BCUT2D eigenvalue weighted by Gasteiger charge is -2.15. The first kappa shape index (κ1) is 17.7. The van der Waals surface area contributed by atoms with E-state index in [-0.39, 0.29) is 4.88 Å². The van der Waals surface area contributed by atoms with E-state index < -0.39 is 30.2 Å². The van der Waals surface area contributed by atoms with E-state index in [1.807, 2.05) is 6.07 Å². The largest absolute Gasteiger partial charge is 0.394 e. The van der Waals surface area contributed by atoms with Gasteiger partial charge in [0, 0.05) is 17.3 Å². The van der Waals surface area contributed by atoms with E-state index in [0.29, 0.717) is 5.69 Å². The van der Waals surface area contributed by atoms with Crippen LogP contribution in [-0.4, -0.2) is 40.3 Å². The molecule has 0 aliphatic carbocycles. The number of nitrogens with one attached hydrogen (secondary N) is 2. The number of amides is 2. The molecule has 26 heavy (non-hydrogen) atoms. The maximum Gasteiger partial charge on any atom is 0.293 e. The van der Waals surface area contributed by atoms with Crippen LogP contribution in [0.15, 0.2) is 54.0 Å². The summed E-state index contributed by atoms with van der Waals surface area (Å²) >= 11 is 1.13. The number of anilines is 1. The molecule has 2 heterocycles. The Morgan fingerprint density at radius 1 is 1.15 bits per heavy atom. The molecule has 0 saturated heterocycles. The summed E-state index contributed by atoms with van der Waals surface area (Å²) in [6.07, 6.45) is 1.67. The van der Waals surface area contributed by atoms with Gasteiger partial charge in [-0.3, -0.25) is 19.4 Å². The van der Waals surface area contributed by atoms with Crippen LogP contribution < -0.4 is 10.6 Å². The third-order valence-corrected chi connectivity index (χ3v) is 4.49. The predicted octanol–water partition coefficient (Wildman–Crippen LogP) is 1.59. The van der Waals surface area contributed by atoms with Gasteiger partial charge in [0.1, 0.15) is 6.04 Å². The van der Waals surface area contributed by atoms with Crippen molar-refractivity contribution in [2.45, 2.75) is 6.04 Å². The molecule has 3 aromatic rings. The molecule has 0 saturated carbocycles. The van der Waals surface area contributed by atoms with Crippen molar-refractivity contribution in [3.05, 3.63) is 58.9 Å². The number of hydrogen-bond donors (Lipinski definition) is 3. The number of ketones is 1. The van der Waals surface area contributed by atoms with E-state index in [9.17, 15) is 19.5 Å². The summed E-state index contributed by atoms with van der Waals surface area (Å²) in [5, 5.41) is 16.8. The monoisotopic (exact) mass is 369 g/mol. The van der Waals surface area contributed by atoms with E-state index in [2.05, 4.69) is 15.6 Å². The lowest BCUT2D eigenvalue weighted by molar-refractivity contribution is -0.124. The normalized spacial score (nSPS) is 11.7. The van der Waals surface area contributed by atoms with Crippen molar-refractivity contribution in [1.82, 2.24) is 10.3 Å². The average molecular weight is 369 g/mol. The van der Waals surface area contributed by atoms with Gasteiger partial charge in [0.05, 0.1) is 17.0 Å². The van der Waals surface area contributed by atoms with Crippen molar-refractivity contribution in [2.75, 3.05) is 11.9 Å². The van der Waals surface area contributed by atoms with E-state index in [0.717, 1.165) is 22.2 Å². The minimum Gasteiger partial charge on any atom is -0.394 e. The Balaban J connectivity index is 1.67. The SMILES string of the molecule is O=C(N[C@@H](CO)C(=O)Nc1ccc2ncccc2c1)C(=O)c1cccs1. The van der Waals surface area contributed by atoms with Crippen LogP contribution in [0.3, 0.4) is 0 Å². The third kappa shape index (κ3) is 3.93. The molecule has 3 rings (SSSR count). The number of Topliss-reactive ketones (excluding diaryl/α,β-unsaturated/α-hetero) is 1. The van der Waals surface area contributed by atoms with E-state index in [1.54, 1.807) is 41.9 Å². The van der Waals surface area contributed by atoms with Gasteiger partial charge in [-0.15, -0.1) is 11.3 Å². The summed E-state index contributed by atoms with van der Waals surface area (Å²) < 4.78 is 0. The molecule has 0 aliphatic rings. The number of benzene rings is 1. The molecule has 8 heteroatoms. The fourth-order valence-electron chi connectivity index (χ4n) is 2.32. The number of thiophene rings is 1. The molecule has 132 valence electrons. The quantitative estimate of drug-likeness (QED) is 0.452. The Labute approximate surface area is 152 Å². The van der Waals surface area contributed by atoms with Crippen LogP contribution in [0.1, 0.15) is 9.67 Å². The van der Waals surface area contributed by atoms with Gasteiger partial charge < -0.3 is 15.7 Å². The Morgan fingerprint density at radius 2 is 2.00 bits per heavy atom. The summed E-state index contributed by atoms with van der Waals surface area (Å²) in [5.41, 5.74) is 1.27. The van der Waals surface area contributed by atoms with Crippen LogP contribution in [0.5, 0.6) is 0 Å². The molecule has 1 atom stereocenters. The number of hydrogen-bond acceptors (Lipinski definition) is 6. The van der Waals surface area contributed by atoms with Crippen molar-refractivity contribution >= 4 is 45.5 Å². The lowest BCUT2D eigenvalue weighted by Crippen LogP contribution is -2.48. The number of aliphatic hydroxyl groups excluding tert-OH is 1. The minimum absolute atomic E-state index is 0.265. The second-order valence-corrected chi connectivity index (χ2v) is 6.36. The Bertz CT molecular complexity index is 956. The van der Waals surface area contributed by atoms with Gasteiger partial charge in [-0.2, -0.15) is 0 Å². The molecular weight excluding hydrogens is 354 g/mol. The highest BCUT2D eigenvalue weighted by Gasteiger charge is 2.25. The Morgan fingerprint density at radius 3 is 2.73 bits per heavy atom. The Kier molecular flexibility index (Phi) is 5.35. The molecular formula is C18H15N3O4S. The van der Waals surface area contributed by atoms with Crippen LogP contribution in [0, 0.1) is 0 Å². The molecule has 0 aliphatic heterocycles. The van der Waals surface area contributed by atoms with Crippen molar-refractivity contribution in [1.29, 1.82) is 0 Å². The van der Waals surface area contributed by atoms with Crippen LogP contribution in [-0.2, 0) is 9.59 Å². The molecule has 0 radical (unpaired) electrons. The van der Waals surface area contributed by atoms with Crippen LogP contribution >= 0.6 is 11.3 Å². The predicted molar refractivity (Wildman–Crippen MR) is 98.0 cm³/mol. The fourth-order valence-corrected chi connectivity index (χ4v) is 2.98. The van der Waals surface area contributed by atoms with Gasteiger partial charge in [0.2, 0.25) is 5.91 Å². The fraction of sp³-hybridized carbons (Fsp3) is 0.111. The van der Waals surface area contributed by atoms with Crippen molar-refractivity contribution < 1.29 is 19.5 Å². The zero-order valence-electron chi connectivity index (χ0n) is 13.5. The number of carbonyl (C=O) groups is 3. The second kappa shape index (κ2) is 7.85. The number of aliphatic hydroxyl groups is 1. The molecule has 2 amide bonds. The molecule has 0 fully saturated rings. The zero-order valence-corrected chi connectivity index (χ0v) is 14.3. The average Bonchev–Trinajstić information content (AvgIpc) is 3.19. The van der Waals surface area contributed by atoms with Crippen LogP contribution in [0.2, 0.25) is 0 Å². The smallest absolute Gasteiger partial charge is 0.293 e. The van der Waals surface area contributed by atoms with Gasteiger partial charge in [-0.05, 0) is 35.7 Å². The third-order valence-electron chi connectivity index (χ3n) is 3.63. The van der Waals surface area contributed by atoms with Crippen LogP contribution in [0.4, 0.5) is 5.69 Å². The van der Waals surface area contributed by atoms with Crippen molar-refractivity contribution in [2.24, 2.45) is 0 Å². The number of aromatic nitrogens is 1. The summed E-state index contributed by atoms with van der Waals surface area (Å²) in [5.74, 6) is -2.31. The van der Waals surface area contributed by atoms with Gasteiger partial charge >= 0.3 is 0 Å². The molecule has 0 bridgehead atoms. The van der Waals surface area contributed by atoms with Gasteiger partial charge in [-0.25, -0.2) is 0 Å². The van der Waals surface area contributed by atoms with Gasteiger partial charge in [0.25, 0.3) is 11.7 Å². The number of pyridine rings is 1. The summed E-state index contributed by atoms with van der Waals surface area (Å²) in [7, 11) is 0. The standard InChI is InChI=1S/C18H15N3O4S/c22-10-14(21-18(25)16(23)15-4-2-8-26-15)17(24)20-12-5-6-13-11(9-12)3-1-7-19-13/h1-9,14,22H,10H2,(H,20,24)(H,21,25)/t14-/m0/s1. The number of rotatable bonds is 6. The molecule has 7 nitrogen and oxygen atoms in total.